The molecule has 0 radical (unpaired) electrons. The molecule has 27 heavy (non-hydrogen) atoms. The monoisotopic (exact) mass is 394 g/mol. The number of nitrogens with one attached hydrogen (secondary N) is 3. The van der Waals surface area contributed by atoms with Gasteiger partial charge in [0, 0.05) is 43.6 Å². The van der Waals surface area contributed by atoms with Gasteiger partial charge in [-0.3, -0.25) is 19.3 Å². The molecule has 0 saturated carbocycles. The lowest BCUT2D eigenvalue weighted by Crippen LogP contribution is -2.58. The summed E-state index contributed by atoms with van der Waals surface area (Å²) in [6, 6.07) is 3.74. The Balaban J connectivity index is 1.48. The Morgan fingerprint density at radius 2 is 2.26 bits per heavy atom. The highest BCUT2D eigenvalue weighted by atomic mass is 32.1. The molecule has 8 nitrogen and oxygen atoms in total. The molecule has 9 heteroatoms. The molecule has 2 aliphatic heterocycles. The van der Waals surface area contributed by atoms with E-state index in [0.717, 1.165) is 4.88 Å². The van der Waals surface area contributed by atoms with Crippen LogP contribution in [-0.4, -0.2) is 67.6 Å². The molecule has 2 saturated heterocycles. The lowest BCUT2D eigenvalue weighted by Gasteiger charge is -2.37. The Morgan fingerprint density at radius 1 is 1.41 bits per heavy atom. The standard InChI is InChI=1S/C18H26N4O4S/c1-26-11-17(24)21-12-7-15-18(25)20-8-13(22(15)10-12)4-5-16(23)19-9-14-3-2-6-27-14/h2-3,6,12-13,15H,4-5,7-11H2,1H3,(H,19,23)(H,20,25)(H,21,24). The highest BCUT2D eigenvalue weighted by Crippen LogP contribution is 2.25. The summed E-state index contributed by atoms with van der Waals surface area (Å²) < 4.78 is 4.84. The average molecular weight is 394 g/mol. The first-order valence-electron chi connectivity index (χ1n) is 9.17. The molecule has 3 atom stereocenters. The number of thiophene rings is 1. The molecule has 1 aromatic rings. The third-order valence-corrected chi connectivity index (χ3v) is 5.88. The molecule has 0 aliphatic carbocycles. The zero-order chi connectivity index (χ0) is 19.2. The predicted molar refractivity (Wildman–Crippen MR) is 101 cm³/mol. The number of piperazine rings is 1. The number of rotatable bonds is 8. The summed E-state index contributed by atoms with van der Waals surface area (Å²) in [6.45, 7) is 1.72. The van der Waals surface area contributed by atoms with Crippen LogP contribution in [0.4, 0.5) is 0 Å². The van der Waals surface area contributed by atoms with Gasteiger partial charge < -0.3 is 20.7 Å². The van der Waals surface area contributed by atoms with Gasteiger partial charge in [0.15, 0.2) is 0 Å². The first-order valence-corrected chi connectivity index (χ1v) is 10.1. The molecule has 0 spiro atoms. The normalized spacial score (nSPS) is 24.9. The maximum absolute atomic E-state index is 12.2. The van der Waals surface area contributed by atoms with E-state index in [4.69, 9.17) is 4.74 Å². The van der Waals surface area contributed by atoms with E-state index in [-0.39, 0.29) is 42.5 Å². The summed E-state index contributed by atoms with van der Waals surface area (Å²) in [6.07, 6.45) is 1.67. The van der Waals surface area contributed by atoms with E-state index in [1.807, 2.05) is 17.5 Å². The van der Waals surface area contributed by atoms with E-state index >= 15 is 0 Å². The van der Waals surface area contributed by atoms with Crippen LogP contribution in [0.5, 0.6) is 0 Å². The van der Waals surface area contributed by atoms with Gasteiger partial charge in [-0.05, 0) is 24.3 Å². The molecule has 0 aromatic carbocycles. The van der Waals surface area contributed by atoms with Crippen LogP contribution >= 0.6 is 11.3 Å². The third-order valence-electron chi connectivity index (χ3n) is 5.01. The third kappa shape index (κ3) is 5.27. The van der Waals surface area contributed by atoms with E-state index in [9.17, 15) is 14.4 Å². The van der Waals surface area contributed by atoms with Gasteiger partial charge in [0.2, 0.25) is 17.7 Å². The second kappa shape index (κ2) is 9.29. The summed E-state index contributed by atoms with van der Waals surface area (Å²) in [7, 11) is 1.48. The molecule has 2 aliphatic rings. The van der Waals surface area contributed by atoms with Gasteiger partial charge in [-0.1, -0.05) is 6.07 Å². The van der Waals surface area contributed by atoms with E-state index in [1.54, 1.807) is 11.3 Å². The van der Waals surface area contributed by atoms with Crippen LogP contribution in [0.2, 0.25) is 0 Å². The van der Waals surface area contributed by atoms with Crippen molar-refractivity contribution >= 4 is 29.1 Å². The fourth-order valence-corrected chi connectivity index (χ4v) is 4.38. The fourth-order valence-electron chi connectivity index (χ4n) is 3.73. The molecule has 1 aromatic heterocycles. The van der Waals surface area contributed by atoms with Crippen LogP contribution in [-0.2, 0) is 25.7 Å². The molecular formula is C18H26N4O4S. The number of hydrogen-bond donors (Lipinski definition) is 3. The molecule has 3 unspecified atom stereocenters. The zero-order valence-electron chi connectivity index (χ0n) is 15.4. The minimum absolute atomic E-state index is 0.00288. The van der Waals surface area contributed by atoms with Crippen LogP contribution in [0.3, 0.4) is 0 Å². The number of fused-ring (bicyclic) bond motifs is 1. The molecule has 3 N–H and O–H groups in total. The quantitative estimate of drug-likeness (QED) is 0.569. The Labute approximate surface area is 162 Å². The summed E-state index contributed by atoms with van der Waals surface area (Å²) in [5.74, 6) is -0.162. The van der Waals surface area contributed by atoms with E-state index in [2.05, 4.69) is 20.9 Å². The molecule has 3 heterocycles. The van der Waals surface area contributed by atoms with Gasteiger partial charge in [0.05, 0.1) is 12.6 Å². The fraction of sp³-hybridized carbons (Fsp3) is 0.611. The number of methoxy groups -OCH3 is 1. The van der Waals surface area contributed by atoms with Gasteiger partial charge in [-0.25, -0.2) is 0 Å². The largest absolute Gasteiger partial charge is 0.375 e. The lowest BCUT2D eigenvalue weighted by molar-refractivity contribution is -0.129. The number of nitrogens with zero attached hydrogens (tertiary/aromatic N) is 1. The van der Waals surface area contributed by atoms with Crippen molar-refractivity contribution in [3.63, 3.8) is 0 Å². The van der Waals surface area contributed by atoms with Crippen molar-refractivity contribution in [2.24, 2.45) is 0 Å². The van der Waals surface area contributed by atoms with Crippen molar-refractivity contribution in [2.75, 3.05) is 26.8 Å². The number of carbonyl (C=O) groups is 3. The summed E-state index contributed by atoms with van der Waals surface area (Å²) >= 11 is 1.62. The molecule has 0 bridgehead atoms. The maximum atomic E-state index is 12.2. The van der Waals surface area contributed by atoms with Crippen LogP contribution in [0.25, 0.3) is 0 Å². The Kier molecular flexibility index (Phi) is 6.81. The maximum Gasteiger partial charge on any atom is 0.246 e. The predicted octanol–water partition coefficient (Wildman–Crippen LogP) is -0.152. The molecule has 3 amide bonds. The minimum Gasteiger partial charge on any atom is -0.375 e. The van der Waals surface area contributed by atoms with Crippen molar-refractivity contribution < 1.29 is 19.1 Å². The minimum atomic E-state index is -0.245. The first-order chi connectivity index (χ1) is 13.1. The van der Waals surface area contributed by atoms with Crippen molar-refractivity contribution in [1.82, 2.24) is 20.9 Å². The van der Waals surface area contributed by atoms with Crippen LogP contribution in [0.15, 0.2) is 17.5 Å². The van der Waals surface area contributed by atoms with Gasteiger partial charge in [-0.15, -0.1) is 11.3 Å². The average Bonchev–Trinajstić information content (AvgIpc) is 3.29. The van der Waals surface area contributed by atoms with Crippen LogP contribution in [0, 0.1) is 0 Å². The van der Waals surface area contributed by atoms with Gasteiger partial charge >= 0.3 is 0 Å². The summed E-state index contributed by atoms with van der Waals surface area (Å²) in [5.41, 5.74) is 0. The molecular weight excluding hydrogens is 368 g/mol. The van der Waals surface area contributed by atoms with E-state index in [0.29, 0.717) is 38.9 Å². The number of ether oxygens (including phenoxy) is 1. The van der Waals surface area contributed by atoms with Crippen molar-refractivity contribution in [2.45, 2.75) is 43.9 Å². The van der Waals surface area contributed by atoms with Crippen molar-refractivity contribution in [3.05, 3.63) is 22.4 Å². The molecule has 2 fully saturated rings. The lowest BCUT2D eigenvalue weighted by atomic mass is 10.0. The SMILES string of the molecule is COCC(=O)NC1CC2C(=O)NCC(CCC(=O)NCc3cccs3)N2C1. The van der Waals surface area contributed by atoms with E-state index in [1.165, 1.54) is 7.11 Å². The second-order valence-electron chi connectivity index (χ2n) is 6.94. The summed E-state index contributed by atoms with van der Waals surface area (Å²) in [5, 5.41) is 10.8. The molecule has 3 rings (SSSR count). The number of carbonyl (C=O) groups excluding carboxylic acids is 3. The van der Waals surface area contributed by atoms with Gasteiger partial charge in [-0.2, -0.15) is 0 Å². The Bertz CT molecular complexity index is 666. The smallest absolute Gasteiger partial charge is 0.246 e. The van der Waals surface area contributed by atoms with Gasteiger partial charge in [0.25, 0.3) is 0 Å². The highest BCUT2D eigenvalue weighted by Gasteiger charge is 2.43. The summed E-state index contributed by atoms with van der Waals surface area (Å²) in [4.78, 5) is 39.3. The van der Waals surface area contributed by atoms with Crippen molar-refractivity contribution in [1.29, 1.82) is 0 Å². The Morgan fingerprint density at radius 3 is 3.00 bits per heavy atom. The topological polar surface area (TPSA) is 99.8 Å². The Hall–Kier alpha value is -1.97. The highest BCUT2D eigenvalue weighted by molar-refractivity contribution is 7.09. The van der Waals surface area contributed by atoms with Crippen LogP contribution < -0.4 is 16.0 Å². The number of amides is 3. The van der Waals surface area contributed by atoms with Gasteiger partial charge in [0.1, 0.15) is 6.61 Å². The van der Waals surface area contributed by atoms with E-state index < -0.39 is 0 Å². The van der Waals surface area contributed by atoms with Crippen LogP contribution in [0.1, 0.15) is 24.1 Å². The van der Waals surface area contributed by atoms with Crippen molar-refractivity contribution in [3.8, 4) is 0 Å². The zero-order valence-corrected chi connectivity index (χ0v) is 16.2. The first kappa shape index (κ1) is 19.8. The number of hydrogen-bond acceptors (Lipinski definition) is 6. The molecule has 148 valence electrons. The second-order valence-corrected chi connectivity index (χ2v) is 7.97.